The standard InChI is InChI=1S/C20H27ClN6O2/c1-12-8-13(21)6-7-15(12)25-18-16(27(28)29)17(22-11-23-18)24-14-9-19(2,3)26-20(4,5)10-14/h6-8,11,14,26H,9-10H2,1-5H3,(H2,22,23,24,25). The van der Waals surface area contributed by atoms with Gasteiger partial charge in [-0.1, -0.05) is 11.6 Å². The highest BCUT2D eigenvalue weighted by molar-refractivity contribution is 6.30. The van der Waals surface area contributed by atoms with Crippen LogP contribution >= 0.6 is 11.6 Å². The highest BCUT2D eigenvalue weighted by Gasteiger charge is 2.38. The molecular weight excluding hydrogens is 392 g/mol. The van der Waals surface area contributed by atoms with Gasteiger partial charge in [0.2, 0.25) is 11.6 Å². The largest absolute Gasteiger partial charge is 0.361 e. The molecule has 9 heteroatoms. The van der Waals surface area contributed by atoms with Crippen molar-refractivity contribution in [2.24, 2.45) is 0 Å². The average molecular weight is 419 g/mol. The first-order chi connectivity index (χ1) is 13.5. The van der Waals surface area contributed by atoms with Gasteiger partial charge in [-0.3, -0.25) is 10.1 Å². The predicted octanol–water partition coefficient (Wildman–Crippen LogP) is 4.81. The first kappa shape index (κ1) is 21.3. The summed E-state index contributed by atoms with van der Waals surface area (Å²) in [6.45, 7) is 10.4. The molecule has 0 unspecified atom stereocenters. The van der Waals surface area contributed by atoms with Crippen LogP contribution in [-0.2, 0) is 0 Å². The number of halogens is 1. The van der Waals surface area contributed by atoms with Crippen molar-refractivity contribution in [3.05, 3.63) is 45.2 Å². The van der Waals surface area contributed by atoms with Gasteiger partial charge in [-0.15, -0.1) is 0 Å². The summed E-state index contributed by atoms with van der Waals surface area (Å²) in [6.07, 6.45) is 2.97. The van der Waals surface area contributed by atoms with E-state index in [4.69, 9.17) is 11.6 Å². The van der Waals surface area contributed by atoms with E-state index in [1.807, 2.05) is 6.92 Å². The Bertz CT molecular complexity index is 915. The summed E-state index contributed by atoms with van der Waals surface area (Å²) in [6, 6.07) is 5.33. The summed E-state index contributed by atoms with van der Waals surface area (Å²) >= 11 is 6.00. The second kappa shape index (κ2) is 7.76. The lowest BCUT2D eigenvalue weighted by Crippen LogP contribution is -2.60. The van der Waals surface area contributed by atoms with E-state index < -0.39 is 4.92 Å². The third kappa shape index (κ3) is 5.13. The number of hydrogen-bond donors (Lipinski definition) is 3. The quantitative estimate of drug-likeness (QED) is 0.472. The average Bonchev–Trinajstić information content (AvgIpc) is 2.54. The molecule has 0 radical (unpaired) electrons. The molecule has 1 aromatic carbocycles. The van der Waals surface area contributed by atoms with Gasteiger partial charge < -0.3 is 16.0 Å². The summed E-state index contributed by atoms with van der Waals surface area (Å²) in [5, 5.41) is 22.4. The van der Waals surface area contributed by atoms with Gasteiger partial charge in [0.25, 0.3) is 0 Å². The van der Waals surface area contributed by atoms with Gasteiger partial charge in [-0.05, 0) is 71.2 Å². The molecule has 0 amide bonds. The molecule has 0 bridgehead atoms. The summed E-state index contributed by atoms with van der Waals surface area (Å²) < 4.78 is 0. The topological polar surface area (TPSA) is 105 Å². The van der Waals surface area contributed by atoms with Crippen molar-refractivity contribution in [1.82, 2.24) is 15.3 Å². The van der Waals surface area contributed by atoms with Gasteiger partial charge in [0.1, 0.15) is 6.33 Å². The number of nitrogens with one attached hydrogen (secondary N) is 3. The molecule has 0 atom stereocenters. The minimum atomic E-state index is -0.451. The molecule has 3 N–H and O–H groups in total. The summed E-state index contributed by atoms with van der Waals surface area (Å²) in [5.74, 6) is 0.364. The van der Waals surface area contributed by atoms with Crippen LogP contribution in [0.25, 0.3) is 0 Å². The Morgan fingerprint density at radius 2 is 1.79 bits per heavy atom. The first-order valence-corrected chi connectivity index (χ1v) is 9.92. The molecule has 0 spiro atoms. The first-order valence-electron chi connectivity index (χ1n) is 9.54. The Labute approximate surface area is 175 Å². The van der Waals surface area contributed by atoms with Gasteiger partial charge >= 0.3 is 5.69 Å². The van der Waals surface area contributed by atoms with E-state index >= 15 is 0 Å². The predicted molar refractivity (Wildman–Crippen MR) is 116 cm³/mol. The maximum absolute atomic E-state index is 11.9. The zero-order valence-corrected chi connectivity index (χ0v) is 18.1. The maximum atomic E-state index is 11.9. The Morgan fingerprint density at radius 1 is 1.17 bits per heavy atom. The van der Waals surface area contributed by atoms with Crippen LogP contribution < -0.4 is 16.0 Å². The van der Waals surface area contributed by atoms with E-state index in [1.54, 1.807) is 18.2 Å². The molecule has 1 saturated heterocycles. The van der Waals surface area contributed by atoms with E-state index in [0.29, 0.717) is 10.7 Å². The van der Waals surface area contributed by atoms with Crippen LogP contribution in [0.5, 0.6) is 0 Å². The number of anilines is 3. The van der Waals surface area contributed by atoms with Gasteiger partial charge in [0, 0.05) is 27.8 Å². The number of hydrogen-bond acceptors (Lipinski definition) is 7. The van der Waals surface area contributed by atoms with Crippen molar-refractivity contribution < 1.29 is 4.92 Å². The molecule has 2 heterocycles. The maximum Gasteiger partial charge on any atom is 0.353 e. The number of piperidine rings is 1. The summed E-state index contributed by atoms with van der Waals surface area (Å²) in [4.78, 5) is 19.7. The second-order valence-electron chi connectivity index (χ2n) is 8.90. The normalized spacial score (nSPS) is 18.3. The monoisotopic (exact) mass is 418 g/mol. The molecule has 3 rings (SSSR count). The molecule has 0 aliphatic carbocycles. The lowest BCUT2D eigenvalue weighted by molar-refractivity contribution is -0.383. The van der Waals surface area contributed by atoms with Gasteiger partial charge in [0.15, 0.2) is 0 Å². The Kier molecular flexibility index (Phi) is 5.69. The zero-order valence-electron chi connectivity index (χ0n) is 17.3. The van der Waals surface area contributed by atoms with Crippen molar-refractivity contribution in [2.75, 3.05) is 10.6 Å². The van der Waals surface area contributed by atoms with Crippen LogP contribution in [0.4, 0.5) is 23.0 Å². The minimum Gasteiger partial charge on any atom is -0.361 e. The Morgan fingerprint density at radius 3 is 2.38 bits per heavy atom. The van der Waals surface area contributed by atoms with Crippen molar-refractivity contribution >= 4 is 34.6 Å². The highest BCUT2D eigenvalue weighted by atomic mass is 35.5. The van der Waals surface area contributed by atoms with E-state index in [1.165, 1.54) is 6.33 Å². The minimum absolute atomic E-state index is 0.0416. The van der Waals surface area contributed by atoms with Gasteiger partial charge in [-0.2, -0.15) is 0 Å². The molecule has 0 saturated carbocycles. The molecule has 1 aliphatic rings. The second-order valence-corrected chi connectivity index (χ2v) is 9.34. The fraction of sp³-hybridized carbons (Fsp3) is 0.500. The third-order valence-electron chi connectivity index (χ3n) is 4.98. The molecular formula is C20H27ClN6O2. The van der Waals surface area contributed by atoms with Crippen molar-refractivity contribution in [3.63, 3.8) is 0 Å². The van der Waals surface area contributed by atoms with Crippen LogP contribution in [0.3, 0.4) is 0 Å². The third-order valence-corrected chi connectivity index (χ3v) is 5.21. The highest BCUT2D eigenvalue weighted by Crippen LogP contribution is 2.36. The molecule has 2 aromatic rings. The number of nitro groups is 1. The lowest BCUT2D eigenvalue weighted by Gasteiger charge is -2.46. The van der Waals surface area contributed by atoms with E-state index in [0.717, 1.165) is 18.4 Å². The molecule has 1 aromatic heterocycles. The van der Waals surface area contributed by atoms with Crippen molar-refractivity contribution in [3.8, 4) is 0 Å². The van der Waals surface area contributed by atoms with Gasteiger partial charge in [-0.25, -0.2) is 9.97 Å². The van der Waals surface area contributed by atoms with E-state index in [2.05, 4.69) is 53.6 Å². The van der Waals surface area contributed by atoms with Crippen LogP contribution in [0.2, 0.25) is 5.02 Å². The SMILES string of the molecule is Cc1cc(Cl)ccc1Nc1ncnc(NC2CC(C)(C)NC(C)(C)C2)c1[N+](=O)[O-]. The van der Waals surface area contributed by atoms with Crippen LogP contribution in [0.15, 0.2) is 24.5 Å². The summed E-state index contributed by atoms with van der Waals surface area (Å²) in [7, 11) is 0. The Balaban J connectivity index is 1.92. The lowest BCUT2D eigenvalue weighted by atomic mass is 9.79. The van der Waals surface area contributed by atoms with Crippen molar-refractivity contribution in [1.29, 1.82) is 0 Å². The number of rotatable bonds is 5. The van der Waals surface area contributed by atoms with Crippen LogP contribution in [-0.4, -0.2) is 32.0 Å². The van der Waals surface area contributed by atoms with Crippen molar-refractivity contribution in [2.45, 2.75) is 64.6 Å². The molecule has 29 heavy (non-hydrogen) atoms. The summed E-state index contributed by atoms with van der Waals surface area (Å²) in [5.41, 5.74) is 1.20. The Hall–Kier alpha value is -2.45. The number of benzene rings is 1. The van der Waals surface area contributed by atoms with E-state index in [-0.39, 0.29) is 34.4 Å². The molecule has 1 aliphatic heterocycles. The van der Waals surface area contributed by atoms with Gasteiger partial charge in [0.05, 0.1) is 4.92 Å². The number of aromatic nitrogens is 2. The van der Waals surface area contributed by atoms with Crippen LogP contribution in [0.1, 0.15) is 46.1 Å². The van der Waals surface area contributed by atoms with E-state index in [9.17, 15) is 10.1 Å². The molecule has 156 valence electrons. The number of nitrogens with zero attached hydrogens (tertiary/aromatic N) is 3. The fourth-order valence-corrected chi connectivity index (χ4v) is 4.49. The van der Waals surface area contributed by atoms with Crippen LogP contribution in [0, 0.1) is 17.0 Å². The fourth-order valence-electron chi connectivity index (χ4n) is 4.26. The number of aryl methyl sites for hydroxylation is 1. The molecule has 1 fully saturated rings. The molecule has 8 nitrogen and oxygen atoms in total. The zero-order chi connectivity index (χ0) is 21.4. The smallest absolute Gasteiger partial charge is 0.353 e.